The summed E-state index contributed by atoms with van der Waals surface area (Å²) < 4.78 is 5.26. The minimum absolute atomic E-state index is 0.840. The van der Waals surface area contributed by atoms with Crippen molar-refractivity contribution in [1.82, 2.24) is 9.80 Å². The molecule has 0 radical (unpaired) electrons. The molecule has 3 heteroatoms. The van der Waals surface area contributed by atoms with Gasteiger partial charge in [-0.25, -0.2) is 0 Å². The fourth-order valence-electron chi connectivity index (χ4n) is 5.13. The molecular weight excluding hydrogens is 272 g/mol. The van der Waals surface area contributed by atoms with Crippen LogP contribution in [0.15, 0.2) is 0 Å². The van der Waals surface area contributed by atoms with E-state index in [2.05, 4.69) is 9.80 Å². The van der Waals surface area contributed by atoms with Crippen molar-refractivity contribution in [2.24, 2.45) is 0 Å². The lowest BCUT2D eigenvalue weighted by atomic mass is 9.92. The molecule has 1 saturated carbocycles. The molecule has 3 aliphatic rings. The average molecular weight is 309 g/mol. The summed E-state index contributed by atoms with van der Waals surface area (Å²) >= 11 is 0. The molecule has 2 heterocycles. The van der Waals surface area contributed by atoms with Crippen LogP contribution in [0, 0.1) is 0 Å². The smallest absolute Gasteiger partial charge is 0.0462 e. The molecule has 0 bridgehead atoms. The molecule has 1 atom stereocenters. The third-order valence-electron chi connectivity index (χ3n) is 6.37. The number of hydrogen-bond acceptors (Lipinski definition) is 3. The Morgan fingerprint density at radius 2 is 1.55 bits per heavy atom. The van der Waals surface area contributed by atoms with E-state index in [1.807, 2.05) is 7.11 Å². The molecule has 0 spiro atoms. The summed E-state index contributed by atoms with van der Waals surface area (Å²) in [6.45, 7) is 5.00. The van der Waals surface area contributed by atoms with Crippen LogP contribution in [-0.4, -0.2) is 61.3 Å². The Bertz CT molecular complexity index is 309. The first-order valence-electron chi connectivity index (χ1n) is 9.87. The standard InChI is InChI=1S/C19H36N2O/c1-22-16-6-10-18-9-4-5-13-21(18)19-11-14-20(15-12-19)17-7-2-3-8-17/h17-19H,2-16H2,1H3. The number of piperidine rings is 2. The fraction of sp³-hybridized carbons (Fsp3) is 1.00. The van der Waals surface area contributed by atoms with Crippen LogP contribution in [0.5, 0.6) is 0 Å². The van der Waals surface area contributed by atoms with Gasteiger partial charge in [0, 0.05) is 31.8 Å². The van der Waals surface area contributed by atoms with E-state index in [4.69, 9.17) is 4.74 Å². The van der Waals surface area contributed by atoms with E-state index in [1.165, 1.54) is 90.3 Å². The summed E-state index contributed by atoms with van der Waals surface area (Å²) in [6.07, 6.45) is 15.6. The molecule has 0 aromatic carbocycles. The minimum Gasteiger partial charge on any atom is -0.385 e. The number of rotatable bonds is 6. The Kier molecular flexibility index (Phi) is 6.58. The zero-order valence-electron chi connectivity index (χ0n) is 14.6. The Morgan fingerprint density at radius 3 is 2.27 bits per heavy atom. The summed E-state index contributed by atoms with van der Waals surface area (Å²) in [7, 11) is 1.83. The summed E-state index contributed by atoms with van der Waals surface area (Å²) in [4.78, 5) is 5.71. The molecule has 3 nitrogen and oxygen atoms in total. The number of nitrogens with zero attached hydrogens (tertiary/aromatic N) is 2. The van der Waals surface area contributed by atoms with Crippen molar-refractivity contribution in [2.75, 3.05) is 33.4 Å². The quantitative estimate of drug-likeness (QED) is 0.696. The van der Waals surface area contributed by atoms with E-state index in [0.29, 0.717) is 0 Å². The van der Waals surface area contributed by atoms with E-state index < -0.39 is 0 Å². The molecule has 22 heavy (non-hydrogen) atoms. The van der Waals surface area contributed by atoms with E-state index in [9.17, 15) is 0 Å². The summed E-state index contributed by atoms with van der Waals surface area (Å²) in [6, 6.07) is 2.64. The fourth-order valence-corrected chi connectivity index (χ4v) is 5.13. The monoisotopic (exact) mass is 308 g/mol. The second kappa shape index (κ2) is 8.65. The van der Waals surface area contributed by atoms with Gasteiger partial charge in [0.25, 0.3) is 0 Å². The minimum atomic E-state index is 0.840. The van der Waals surface area contributed by atoms with Crippen LogP contribution in [0.25, 0.3) is 0 Å². The van der Waals surface area contributed by atoms with E-state index >= 15 is 0 Å². The zero-order valence-corrected chi connectivity index (χ0v) is 14.6. The van der Waals surface area contributed by atoms with Crippen molar-refractivity contribution < 1.29 is 4.74 Å². The Morgan fingerprint density at radius 1 is 0.818 bits per heavy atom. The highest BCUT2D eigenvalue weighted by Crippen LogP contribution is 2.31. The number of ether oxygens (including phenoxy) is 1. The van der Waals surface area contributed by atoms with Crippen LogP contribution in [0.1, 0.15) is 70.6 Å². The molecule has 2 aliphatic heterocycles. The van der Waals surface area contributed by atoms with Gasteiger partial charge in [-0.15, -0.1) is 0 Å². The first-order valence-corrected chi connectivity index (χ1v) is 9.87. The van der Waals surface area contributed by atoms with E-state index in [-0.39, 0.29) is 0 Å². The van der Waals surface area contributed by atoms with Gasteiger partial charge in [0.1, 0.15) is 0 Å². The summed E-state index contributed by atoms with van der Waals surface area (Å²) in [5.74, 6) is 0. The average Bonchev–Trinajstić information content (AvgIpc) is 3.10. The van der Waals surface area contributed by atoms with Crippen LogP contribution >= 0.6 is 0 Å². The van der Waals surface area contributed by atoms with E-state index in [0.717, 1.165) is 24.7 Å². The number of methoxy groups -OCH3 is 1. The van der Waals surface area contributed by atoms with Gasteiger partial charge in [0.05, 0.1) is 0 Å². The second-order valence-corrected chi connectivity index (χ2v) is 7.73. The lowest BCUT2D eigenvalue weighted by molar-refractivity contribution is 0.0329. The normalized spacial score (nSPS) is 30.1. The molecule has 0 aromatic heterocycles. The van der Waals surface area contributed by atoms with Crippen LogP contribution in [0.2, 0.25) is 0 Å². The SMILES string of the molecule is COCCCC1CCCCN1C1CCN(C2CCCC2)CC1. The predicted molar refractivity (Wildman–Crippen MR) is 92.3 cm³/mol. The van der Waals surface area contributed by atoms with Gasteiger partial charge >= 0.3 is 0 Å². The molecule has 0 amide bonds. The largest absolute Gasteiger partial charge is 0.385 e. The maximum absolute atomic E-state index is 5.26. The number of likely N-dealkylation sites (tertiary alicyclic amines) is 2. The molecule has 3 rings (SSSR count). The predicted octanol–water partition coefficient (Wildman–Crippen LogP) is 3.67. The lowest BCUT2D eigenvalue weighted by Crippen LogP contribution is -2.52. The molecule has 2 saturated heterocycles. The van der Waals surface area contributed by atoms with Crippen LogP contribution in [-0.2, 0) is 4.74 Å². The first kappa shape index (κ1) is 16.7. The van der Waals surface area contributed by atoms with Gasteiger partial charge < -0.3 is 9.64 Å². The van der Waals surface area contributed by atoms with Crippen LogP contribution < -0.4 is 0 Å². The zero-order chi connectivity index (χ0) is 15.2. The molecule has 1 unspecified atom stereocenters. The third-order valence-corrected chi connectivity index (χ3v) is 6.37. The molecule has 3 fully saturated rings. The van der Waals surface area contributed by atoms with Crippen molar-refractivity contribution in [1.29, 1.82) is 0 Å². The van der Waals surface area contributed by atoms with Gasteiger partial charge in [-0.1, -0.05) is 19.3 Å². The summed E-state index contributed by atoms with van der Waals surface area (Å²) in [5, 5.41) is 0. The highest BCUT2D eigenvalue weighted by Gasteiger charge is 2.33. The summed E-state index contributed by atoms with van der Waals surface area (Å²) in [5.41, 5.74) is 0. The molecule has 128 valence electrons. The third kappa shape index (κ3) is 4.24. The molecule has 0 aromatic rings. The van der Waals surface area contributed by atoms with Crippen molar-refractivity contribution in [2.45, 2.75) is 88.8 Å². The van der Waals surface area contributed by atoms with Crippen molar-refractivity contribution >= 4 is 0 Å². The second-order valence-electron chi connectivity index (χ2n) is 7.73. The molecule has 0 N–H and O–H groups in total. The highest BCUT2D eigenvalue weighted by molar-refractivity contribution is 4.89. The van der Waals surface area contributed by atoms with Crippen LogP contribution in [0.3, 0.4) is 0 Å². The van der Waals surface area contributed by atoms with Gasteiger partial charge in [-0.2, -0.15) is 0 Å². The molecule has 1 aliphatic carbocycles. The maximum atomic E-state index is 5.26. The van der Waals surface area contributed by atoms with Crippen LogP contribution in [0.4, 0.5) is 0 Å². The number of hydrogen-bond donors (Lipinski definition) is 0. The Labute approximate surface area is 137 Å². The van der Waals surface area contributed by atoms with Gasteiger partial charge in [-0.05, 0) is 71.0 Å². The van der Waals surface area contributed by atoms with Gasteiger partial charge in [-0.3, -0.25) is 4.90 Å². The van der Waals surface area contributed by atoms with Crippen molar-refractivity contribution in [3.63, 3.8) is 0 Å². The van der Waals surface area contributed by atoms with Gasteiger partial charge in [0.2, 0.25) is 0 Å². The Hall–Kier alpha value is -0.120. The van der Waals surface area contributed by atoms with E-state index in [1.54, 1.807) is 0 Å². The maximum Gasteiger partial charge on any atom is 0.0462 e. The first-order chi connectivity index (χ1) is 10.9. The molecular formula is C19H36N2O. The van der Waals surface area contributed by atoms with Gasteiger partial charge in [0.15, 0.2) is 0 Å². The Balaban J connectivity index is 1.47. The lowest BCUT2D eigenvalue weighted by Gasteiger charge is -2.46. The highest BCUT2D eigenvalue weighted by atomic mass is 16.5. The topological polar surface area (TPSA) is 15.7 Å². The van der Waals surface area contributed by atoms with Crippen molar-refractivity contribution in [3.05, 3.63) is 0 Å². The van der Waals surface area contributed by atoms with Crippen molar-refractivity contribution in [3.8, 4) is 0 Å².